The third-order valence-electron chi connectivity index (χ3n) is 3.45. The van der Waals surface area contributed by atoms with Crippen molar-refractivity contribution in [2.45, 2.75) is 20.3 Å². The molecular formula is C13H17FN2O. The molecule has 0 aromatic heterocycles. The van der Waals surface area contributed by atoms with E-state index in [-0.39, 0.29) is 5.91 Å². The number of nitrogens with one attached hydrogen (secondary N) is 1. The molecule has 2 atom stereocenters. The first-order chi connectivity index (χ1) is 7.99. The number of nitrogen functional groups attached to an aromatic ring is 1. The van der Waals surface area contributed by atoms with Gasteiger partial charge < -0.3 is 11.1 Å². The van der Waals surface area contributed by atoms with Gasteiger partial charge in [0.2, 0.25) is 0 Å². The van der Waals surface area contributed by atoms with Crippen LogP contribution in [0.5, 0.6) is 0 Å². The molecule has 1 aromatic rings. The summed E-state index contributed by atoms with van der Waals surface area (Å²) >= 11 is 0. The second-order valence-corrected chi connectivity index (χ2v) is 4.86. The number of amides is 1. The Balaban J connectivity index is 2.03. The average molecular weight is 236 g/mol. The number of nitrogens with two attached hydrogens (primary N) is 1. The molecule has 1 aliphatic rings. The smallest absolute Gasteiger partial charge is 0.251 e. The fourth-order valence-corrected chi connectivity index (χ4v) is 1.84. The van der Waals surface area contributed by atoms with Gasteiger partial charge in [-0.05, 0) is 37.3 Å². The molecule has 0 spiro atoms. The summed E-state index contributed by atoms with van der Waals surface area (Å²) < 4.78 is 13.4. The van der Waals surface area contributed by atoms with E-state index in [2.05, 4.69) is 12.2 Å². The van der Waals surface area contributed by atoms with Gasteiger partial charge in [-0.3, -0.25) is 4.79 Å². The van der Waals surface area contributed by atoms with Gasteiger partial charge in [-0.15, -0.1) is 0 Å². The van der Waals surface area contributed by atoms with E-state index in [1.165, 1.54) is 12.1 Å². The zero-order valence-corrected chi connectivity index (χ0v) is 10.1. The van der Waals surface area contributed by atoms with Gasteiger partial charge in [0.15, 0.2) is 0 Å². The van der Waals surface area contributed by atoms with Gasteiger partial charge in [0.05, 0.1) is 0 Å². The normalized spacial score (nSPS) is 22.3. The summed E-state index contributed by atoms with van der Waals surface area (Å²) in [5.41, 5.74) is 6.62. The minimum Gasteiger partial charge on any atom is -0.398 e. The summed E-state index contributed by atoms with van der Waals surface area (Å²) in [5, 5.41) is 2.80. The van der Waals surface area contributed by atoms with Crippen molar-refractivity contribution in [3.05, 3.63) is 29.1 Å². The predicted octanol–water partition coefficient (Wildman–Crippen LogP) is 2.10. The SMILES string of the molecule is Cc1c(N)cc(C(=O)NCC2CC2C)cc1F. The summed E-state index contributed by atoms with van der Waals surface area (Å²) in [5.74, 6) is 0.575. The van der Waals surface area contributed by atoms with Crippen LogP contribution in [0.3, 0.4) is 0 Å². The minimum atomic E-state index is -0.435. The molecule has 0 bridgehead atoms. The van der Waals surface area contributed by atoms with E-state index in [0.29, 0.717) is 35.2 Å². The molecular weight excluding hydrogens is 219 g/mol. The first-order valence-electron chi connectivity index (χ1n) is 5.83. The second-order valence-electron chi connectivity index (χ2n) is 4.86. The quantitative estimate of drug-likeness (QED) is 0.790. The fraction of sp³-hybridized carbons (Fsp3) is 0.462. The number of hydrogen-bond donors (Lipinski definition) is 2. The molecule has 0 aliphatic heterocycles. The molecule has 4 heteroatoms. The summed E-state index contributed by atoms with van der Waals surface area (Å²) in [6.45, 7) is 4.41. The van der Waals surface area contributed by atoms with Crippen molar-refractivity contribution in [3.63, 3.8) is 0 Å². The maximum atomic E-state index is 13.4. The monoisotopic (exact) mass is 236 g/mol. The summed E-state index contributed by atoms with van der Waals surface area (Å²) in [4.78, 5) is 11.8. The Labute approximate surface area is 100 Å². The molecule has 1 amide bonds. The van der Waals surface area contributed by atoms with E-state index in [4.69, 9.17) is 5.73 Å². The zero-order valence-electron chi connectivity index (χ0n) is 10.1. The maximum Gasteiger partial charge on any atom is 0.251 e. The molecule has 92 valence electrons. The highest BCUT2D eigenvalue weighted by atomic mass is 19.1. The minimum absolute atomic E-state index is 0.255. The van der Waals surface area contributed by atoms with Crippen LogP contribution in [0.4, 0.5) is 10.1 Å². The van der Waals surface area contributed by atoms with Crippen LogP contribution in [-0.2, 0) is 0 Å². The van der Waals surface area contributed by atoms with Crippen LogP contribution in [0.25, 0.3) is 0 Å². The zero-order chi connectivity index (χ0) is 12.6. The van der Waals surface area contributed by atoms with Gasteiger partial charge in [-0.25, -0.2) is 4.39 Å². The van der Waals surface area contributed by atoms with Crippen molar-refractivity contribution >= 4 is 11.6 Å². The first kappa shape index (κ1) is 11.9. The lowest BCUT2D eigenvalue weighted by Crippen LogP contribution is -2.26. The van der Waals surface area contributed by atoms with Crippen molar-refractivity contribution in [3.8, 4) is 0 Å². The van der Waals surface area contributed by atoms with Gasteiger partial charge in [0.25, 0.3) is 5.91 Å². The predicted molar refractivity (Wildman–Crippen MR) is 65.2 cm³/mol. The van der Waals surface area contributed by atoms with Crippen molar-refractivity contribution in [1.29, 1.82) is 0 Å². The van der Waals surface area contributed by atoms with Gasteiger partial charge >= 0.3 is 0 Å². The fourth-order valence-electron chi connectivity index (χ4n) is 1.84. The van der Waals surface area contributed by atoms with Gasteiger partial charge in [0, 0.05) is 23.4 Å². The van der Waals surface area contributed by atoms with E-state index in [1.54, 1.807) is 6.92 Å². The molecule has 17 heavy (non-hydrogen) atoms. The number of hydrogen-bond acceptors (Lipinski definition) is 2. The number of anilines is 1. The molecule has 1 saturated carbocycles. The highest BCUT2D eigenvalue weighted by Crippen LogP contribution is 2.36. The van der Waals surface area contributed by atoms with E-state index in [9.17, 15) is 9.18 Å². The molecule has 0 heterocycles. The van der Waals surface area contributed by atoms with Crippen molar-refractivity contribution in [2.24, 2.45) is 11.8 Å². The van der Waals surface area contributed by atoms with Crippen molar-refractivity contribution < 1.29 is 9.18 Å². The lowest BCUT2D eigenvalue weighted by Gasteiger charge is -2.07. The van der Waals surface area contributed by atoms with Crippen LogP contribution >= 0.6 is 0 Å². The molecule has 2 rings (SSSR count). The summed E-state index contributed by atoms with van der Waals surface area (Å²) in [6, 6.07) is 2.75. The number of benzene rings is 1. The standard InChI is InChI=1S/C13H17FN2O/c1-7-3-10(7)6-16-13(17)9-4-11(14)8(2)12(15)5-9/h4-5,7,10H,3,6,15H2,1-2H3,(H,16,17). The Kier molecular flexibility index (Phi) is 3.05. The second kappa shape index (κ2) is 4.35. The Morgan fingerprint density at radius 1 is 1.59 bits per heavy atom. The maximum absolute atomic E-state index is 13.4. The number of rotatable bonds is 3. The molecule has 1 aliphatic carbocycles. The van der Waals surface area contributed by atoms with E-state index >= 15 is 0 Å². The molecule has 0 radical (unpaired) electrons. The van der Waals surface area contributed by atoms with E-state index in [0.717, 1.165) is 6.42 Å². The van der Waals surface area contributed by atoms with E-state index < -0.39 is 5.82 Å². The Morgan fingerprint density at radius 2 is 2.24 bits per heavy atom. The molecule has 3 nitrogen and oxygen atoms in total. The summed E-state index contributed by atoms with van der Waals surface area (Å²) in [6.07, 6.45) is 1.16. The lowest BCUT2D eigenvalue weighted by atomic mass is 10.1. The number of halogens is 1. The number of carbonyl (C=O) groups is 1. The van der Waals surface area contributed by atoms with Crippen LogP contribution in [-0.4, -0.2) is 12.5 Å². The van der Waals surface area contributed by atoms with Crippen LogP contribution in [0.15, 0.2) is 12.1 Å². The molecule has 1 aromatic carbocycles. The third kappa shape index (κ3) is 2.57. The average Bonchev–Trinajstić information content (AvgIpc) is 2.98. The van der Waals surface area contributed by atoms with Crippen LogP contribution in [0.1, 0.15) is 29.3 Å². The topological polar surface area (TPSA) is 55.1 Å². The molecule has 2 unspecified atom stereocenters. The van der Waals surface area contributed by atoms with Gasteiger partial charge in [-0.1, -0.05) is 6.92 Å². The highest BCUT2D eigenvalue weighted by Gasteiger charge is 2.32. The first-order valence-corrected chi connectivity index (χ1v) is 5.83. The molecule has 3 N–H and O–H groups in total. The largest absolute Gasteiger partial charge is 0.398 e. The Bertz CT molecular complexity index is 436. The summed E-state index contributed by atoms with van der Waals surface area (Å²) in [7, 11) is 0. The van der Waals surface area contributed by atoms with Gasteiger partial charge in [0.1, 0.15) is 5.82 Å². The van der Waals surface area contributed by atoms with Gasteiger partial charge in [-0.2, -0.15) is 0 Å². The van der Waals surface area contributed by atoms with Crippen LogP contribution < -0.4 is 11.1 Å². The lowest BCUT2D eigenvalue weighted by molar-refractivity contribution is 0.0951. The number of carbonyl (C=O) groups excluding carboxylic acids is 1. The third-order valence-corrected chi connectivity index (χ3v) is 3.45. The van der Waals surface area contributed by atoms with E-state index in [1.807, 2.05) is 0 Å². The van der Waals surface area contributed by atoms with Crippen molar-refractivity contribution in [2.75, 3.05) is 12.3 Å². The molecule has 0 saturated heterocycles. The molecule has 1 fully saturated rings. The van der Waals surface area contributed by atoms with Crippen LogP contribution in [0, 0.1) is 24.6 Å². The Morgan fingerprint density at radius 3 is 2.76 bits per heavy atom. The van der Waals surface area contributed by atoms with Crippen molar-refractivity contribution in [1.82, 2.24) is 5.32 Å². The van der Waals surface area contributed by atoms with Crippen LogP contribution in [0.2, 0.25) is 0 Å². The highest BCUT2D eigenvalue weighted by molar-refractivity contribution is 5.95. The Hall–Kier alpha value is -1.58.